The third-order valence-electron chi connectivity index (χ3n) is 12.0. The number of thioether (sulfide) groups is 1. The number of nitrogens with zero attached hydrogens (tertiary/aromatic N) is 2. The van der Waals surface area contributed by atoms with Crippen LogP contribution in [0.25, 0.3) is 11.1 Å². The quantitative estimate of drug-likeness (QED) is 0.0782. The van der Waals surface area contributed by atoms with Crippen LogP contribution in [0, 0.1) is 5.92 Å². The Balaban J connectivity index is 1.01. The average Bonchev–Trinajstić information content (AvgIpc) is 3.69. The summed E-state index contributed by atoms with van der Waals surface area (Å²) in [6.07, 6.45) is 0.215. The van der Waals surface area contributed by atoms with E-state index >= 15 is 0 Å². The summed E-state index contributed by atoms with van der Waals surface area (Å²) in [7, 11) is -8.99. The van der Waals surface area contributed by atoms with Crippen LogP contribution in [0.15, 0.2) is 136 Å². The minimum Gasteiger partial charge on any atom is -0.380 e. The molecule has 2 heterocycles. The summed E-state index contributed by atoms with van der Waals surface area (Å²) in [5.41, 5.74) is -3.53. The monoisotopic (exact) mass is 958 g/mol. The van der Waals surface area contributed by atoms with E-state index in [-0.39, 0.29) is 11.6 Å². The average molecular weight is 959 g/mol. The molecular weight excluding hydrogens is 911 g/mol. The molecule has 0 radical (unpaired) electrons. The molecule has 0 aromatic heterocycles. The number of benzene rings is 5. The molecule has 5 aromatic rings. The summed E-state index contributed by atoms with van der Waals surface area (Å²) in [4.78, 5) is 16.3. The Bertz CT molecular complexity index is 2660. The van der Waals surface area contributed by atoms with E-state index in [0.717, 1.165) is 84.6 Å². The summed E-state index contributed by atoms with van der Waals surface area (Å²) in [6, 6.07) is 30.3. The molecule has 2 aliphatic heterocycles. The SMILES string of the molecule is CN1CCC[C@H]1C[C@H](CSc1ccccc1)Nc1ccc(S(=O)(=O)NC(=O)c2ccc(N3CCC(Cc4ccccc4-c4ccc(C(F)(F)F)cc4)CC3)cc2)cc1S(=O)(=O)C(F)(F)F. The van der Waals surface area contributed by atoms with Gasteiger partial charge in [0.05, 0.1) is 16.1 Å². The van der Waals surface area contributed by atoms with Crippen molar-refractivity contribution in [2.24, 2.45) is 5.92 Å². The first-order valence-corrected chi connectivity index (χ1v) is 25.0. The highest BCUT2D eigenvalue weighted by Crippen LogP contribution is 2.38. The number of nitrogens with one attached hydrogen (secondary N) is 2. The molecule has 2 saturated heterocycles. The number of anilines is 2. The van der Waals surface area contributed by atoms with E-state index in [1.54, 1.807) is 12.1 Å². The van der Waals surface area contributed by atoms with Gasteiger partial charge in [-0.25, -0.2) is 21.6 Å². The maximum absolute atomic E-state index is 14.2. The molecule has 5 aromatic carbocycles. The molecule has 9 nitrogen and oxygen atoms in total. The van der Waals surface area contributed by atoms with Gasteiger partial charge < -0.3 is 15.1 Å². The largest absolute Gasteiger partial charge is 0.501 e. The van der Waals surface area contributed by atoms with Gasteiger partial charge in [-0.2, -0.15) is 26.3 Å². The number of likely N-dealkylation sites (tertiary alicyclic amines) is 1. The fourth-order valence-electron chi connectivity index (χ4n) is 8.43. The number of sulfonamides is 1. The number of amides is 1. The van der Waals surface area contributed by atoms with Gasteiger partial charge in [0.15, 0.2) is 0 Å². The van der Waals surface area contributed by atoms with Gasteiger partial charge in [0, 0.05) is 47.1 Å². The molecule has 18 heteroatoms. The second-order valence-corrected chi connectivity index (χ2v) is 21.1. The zero-order chi connectivity index (χ0) is 46.6. The maximum Gasteiger partial charge on any atom is 0.501 e. The minimum atomic E-state index is -6.07. The van der Waals surface area contributed by atoms with E-state index in [9.17, 15) is 48.0 Å². The number of sulfone groups is 1. The van der Waals surface area contributed by atoms with Crippen molar-refractivity contribution in [3.8, 4) is 11.1 Å². The van der Waals surface area contributed by atoms with E-state index in [4.69, 9.17) is 0 Å². The number of halogens is 6. The lowest BCUT2D eigenvalue weighted by Gasteiger charge is -2.34. The van der Waals surface area contributed by atoms with Crippen molar-refractivity contribution < 1.29 is 48.0 Å². The van der Waals surface area contributed by atoms with E-state index in [2.05, 4.69) is 15.1 Å². The summed E-state index contributed by atoms with van der Waals surface area (Å²) in [5.74, 6) is -0.394. The fourth-order valence-corrected chi connectivity index (χ4v) is 11.4. The Hall–Kier alpha value is -5.04. The van der Waals surface area contributed by atoms with E-state index in [0.29, 0.717) is 42.8 Å². The molecule has 7 rings (SSSR count). The van der Waals surface area contributed by atoms with Gasteiger partial charge in [-0.1, -0.05) is 54.6 Å². The molecule has 2 N–H and O–H groups in total. The third kappa shape index (κ3) is 11.7. The number of piperidine rings is 1. The Morgan fingerprint density at radius 3 is 2.08 bits per heavy atom. The van der Waals surface area contributed by atoms with Gasteiger partial charge >= 0.3 is 11.7 Å². The summed E-state index contributed by atoms with van der Waals surface area (Å²) in [5, 5.41) is 3.01. The van der Waals surface area contributed by atoms with Crippen molar-refractivity contribution in [3.63, 3.8) is 0 Å². The highest BCUT2D eigenvalue weighted by molar-refractivity contribution is 7.99. The van der Waals surface area contributed by atoms with Crippen molar-refractivity contribution in [3.05, 3.63) is 138 Å². The van der Waals surface area contributed by atoms with Crippen LogP contribution in [-0.4, -0.2) is 77.7 Å². The molecule has 0 bridgehead atoms. The molecule has 2 fully saturated rings. The smallest absolute Gasteiger partial charge is 0.380 e. The molecule has 2 atom stereocenters. The number of carbonyl (C=O) groups is 1. The fraction of sp³-hybridized carbons (Fsp3) is 0.340. The van der Waals surface area contributed by atoms with Crippen LogP contribution in [0.1, 0.15) is 53.6 Å². The van der Waals surface area contributed by atoms with Crippen molar-refractivity contribution in [2.45, 2.75) is 77.0 Å². The zero-order valence-electron chi connectivity index (χ0n) is 35.3. The molecule has 0 spiro atoms. The van der Waals surface area contributed by atoms with Gasteiger partial charge in [-0.05, 0) is 141 Å². The Labute approximate surface area is 379 Å². The third-order valence-corrected chi connectivity index (χ3v) is 16.1. The molecule has 1 amide bonds. The Morgan fingerprint density at radius 1 is 0.785 bits per heavy atom. The molecule has 65 heavy (non-hydrogen) atoms. The number of alkyl halides is 6. The normalized spacial score (nSPS) is 17.2. The predicted molar refractivity (Wildman–Crippen MR) is 241 cm³/mol. The lowest BCUT2D eigenvalue weighted by Crippen LogP contribution is -2.35. The Morgan fingerprint density at radius 2 is 1.45 bits per heavy atom. The van der Waals surface area contributed by atoms with Crippen molar-refractivity contribution >= 4 is 48.9 Å². The van der Waals surface area contributed by atoms with Crippen LogP contribution < -0.4 is 14.9 Å². The van der Waals surface area contributed by atoms with Crippen LogP contribution >= 0.6 is 11.8 Å². The van der Waals surface area contributed by atoms with E-state index < -0.39 is 64.5 Å². The highest BCUT2D eigenvalue weighted by atomic mass is 32.2. The van der Waals surface area contributed by atoms with E-state index in [1.807, 2.05) is 66.4 Å². The first-order valence-electron chi connectivity index (χ1n) is 21.1. The van der Waals surface area contributed by atoms with Crippen LogP contribution in [0.4, 0.5) is 37.7 Å². The number of rotatable bonds is 15. The van der Waals surface area contributed by atoms with Crippen LogP contribution in [0.5, 0.6) is 0 Å². The van der Waals surface area contributed by atoms with Gasteiger partial charge in [-0.15, -0.1) is 11.8 Å². The van der Waals surface area contributed by atoms with Crippen LogP contribution in [0.2, 0.25) is 0 Å². The number of hydrogen-bond donors (Lipinski definition) is 2. The first kappa shape index (κ1) is 47.9. The minimum absolute atomic E-state index is 0.0517. The molecule has 0 aliphatic carbocycles. The summed E-state index contributed by atoms with van der Waals surface area (Å²) in [6.45, 7) is 2.19. The van der Waals surface area contributed by atoms with E-state index in [1.165, 1.54) is 36.0 Å². The molecular formula is C47H48F6N4O5S3. The van der Waals surface area contributed by atoms with Crippen molar-refractivity contribution in [1.82, 2.24) is 9.62 Å². The summed E-state index contributed by atoms with van der Waals surface area (Å²) >= 11 is 1.45. The number of carbonyl (C=O) groups excluding carboxylic acids is 1. The van der Waals surface area contributed by atoms with Gasteiger partial charge in [0.25, 0.3) is 25.8 Å². The maximum atomic E-state index is 14.2. The zero-order valence-corrected chi connectivity index (χ0v) is 37.7. The second-order valence-electron chi connectivity index (χ2n) is 16.4. The standard InChI is InChI=1S/C47H48F6N4O5S3/c1-56-25-7-9-39(56)29-37(31-63-40-10-3-2-4-11-40)54-43-22-21-41(30-44(43)64(59,60)47(51,52)53)65(61,62)55-45(58)34-15-19-38(20-16-34)57-26-23-32(24-27-57)28-35-8-5-6-12-42(35)33-13-17-36(18-14-33)46(48,49)50/h2-6,8,10-22,30,32,37,39,54H,7,9,23-29,31H2,1H3,(H,55,58)/t37-,39+/m1/s1. The molecule has 346 valence electrons. The van der Waals surface area contributed by atoms with Gasteiger partial charge in [-0.3, -0.25) is 4.79 Å². The predicted octanol–water partition coefficient (Wildman–Crippen LogP) is 10.3. The second kappa shape index (κ2) is 19.8. The van der Waals surface area contributed by atoms with Gasteiger partial charge in [0.1, 0.15) is 4.90 Å². The first-order chi connectivity index (χ1) is 30.8. The molecule has 0 unspecified atom stereocenters. The Kier molecular flexibility index (Phi) is 14.6. The topological polar surface area (TPSA) is 116 Å². The number of hydrogen-bond acceptors (Lipinski definition) is 9. The molecule has 2 aliphatic rings. The van der Waals surface area contributed by atoms with Crippen LogP contribution in [0.3, 0.4) is 0 Å². The highest BCUT2D eigenvalue weighted by Gasteiger charge is 2.48. The summed E-state index contributed by atoms with van der Waals surface area (Å²) < 4.78 is 137. The molecule has 0 saturated carbocycles. The van der Waals surface area contributed by atoms with Gasteiger partial charge in [0.2, 0.25) is 0 Å². The van der Waals surface area contributed by atoms with Crippen molar-refractivity contribution in [2.75, 3.05) is 42.7 Å². The lowest BCUT2D eigenvalue weighted by molar-refractivity contribution is -0.137. The van der Waals surface area contributed by atoms with Crippen molar-refractivity contribution in [1.29, 1.82) is 0 Å². The lowest BCUT2D eigenvalue weighted by atomic mass is 9.86. The van der Waals surface area contributed by atoms with Crippen LogP contribution in [-0.2, 0) is 32.5 Å².